The molecule has 7 nitrogen and oxygen atoms in total. The van der Waals surface area contributed by atoms with Gasteiger partial charge in [0.25, 0.3) is 5.56 Å². The predicted molar refractivity (Wildman–Crippen MR) is 135 cm³/mol. The summed E-state index contributed by atoms with van der Waals surface area (Å²) in [5, 5.41) is 0. The molecule has 2 heterocycles. The molecule has 180 valence electrons. The summed E-state index contributed by atoms with van der Waals surface area (Å²) in [5.41, 5.74) is 6.31. The van der Waals surface area contributed by atoms with Crippen LogP contribution in [0.4, 0.5) is 11.6 Å². The highest BCUT2D eigenvalue weighted by atomic mass is 16.5. The van der Waals surface area contributed by atoms with E-state index >= 15 is 0 Å². The van der Waals surface area contributed by atoms with E-state index in [1.807, 2.05) is 30.5 Å². The first-order valence-electron chi connectivity index (χ1n) is 11.7. The highest BCUT2D eigenvalue weighted by molar-refractivity contribution is 5.60. The maximum atomic E-state index is 13.4. The molecule has 0 unspecified atom stereocenters. The number of aromatic nitrogens is 2. The van der Waals surface area contributed by atoms with Crippen LogP contribution in [0.15, 0.2) is 41.2 Å². The smallest absolute Gasteiger partial charge is 0.259 e. The Balaban J connectivity index is 1.67. The zero-order valence-corrected chi connectivity index (χ0v) is 21.0. The van der Waals surface area contributed by atoms with Crippen LogP contribution in [0.3, 0.4) is 0 Å². The number of nitrogens with zero attached hydrogens (tertiary/aromatic N) is 4. The molecule has 0 aliphatic carbocycles. The van der Waals surface area contributed by atoms with Crippen LogP contribution in [-0.2, 0) is 19.5 Å². The van der Waals surface area contributed by atoms with Crippen LogP contribution in [0.25, 0.3) is 0 Å². The third-order valence-electron chi connectivity index (χ3n) is 6.69. The predicted octanol–water partition coefficient (Wildman–Crippen LogP) is 4.36. The number of methoxy groups -OCH3 is 2. The van der Waals surface area contributed by atoms with Gasteiger partial charge in [0.1, 0.15) is 0 Å². The zero-order valence-electron chi connectivity index (χ0n) is 21.0. The quantitative estimate of drug-likeness (QED) is 0.520. The number of rotatable bonds is 7. The lowest BCUT2D eigenvalue weighted by molar-refractivity contribution is 0.200. The molecule has 0 amide bonds. The minimum absolute atomic E-state index is 0.0506. The highest BCUT2D eigenvalue weighted by Crippen LogP contribution is 2.30. The van der Waals surface area contributed by atoms with Gasteiger partial charge in [0.15, 0.2) is 11.5 Å². The third-order valence-corrected chi connectivity index (χ3v) is 6.69. The van der Waals surface area contributed by atoms with Gasteiger partial charge in [0.2, 0.25) is 5.95 Å². The van der Waals surface area contributed by atoms with Gasteiger partial charge >= 0.3 is 0 Å². The molecule has 1 aromatic heterocycles. The van der Waals surface area contributed by atoms with E-state index in [0.717, 1.165) is 47.0 Å². The first-order chi connectivity index (χ1) is 16.4. The van der Waals surface area contributed by atoms with Crippen LogP contribution < -0.4 is 19.9 Å². The maximum Gasteiger partial charge on any atom is 0.259 e. The van der Waals surface area contributed by atoms with Gasteiger partial charge in [-0.25, -0.2) is 4.98 Å². The summed E-state index contributed by atoms with van der Waals surface area (Å²) in [6.45, 7) is 10.1. The Kier molecular flexibility index (Phi) is 6.93. The molecule has 0 radical (unpaired) electrons. The summed E-state index contributed by atoms with van der Waals surface area (Å²) in [7, 11) is 3.29. The Bertz CT molecular complexity index is 1250. The first-order valence-corrected chi connectivity index (χ1v) is 11.7. The van der Waals surface area contributed by atoms with Crippen molar-refractivity contribution in [1.29, 1.82) is 0 Å². The molecule has 2 aromatic carbocycles. The van der Waals surface area contributed by atoms with Gasteiger partial charge in [-0.3, -0.25) is 19.2 Å². The SMILES string of the molecule is CCc1c(C)nc2n(c1=O)CN(CCc1ccc(OC)c(OC)c1)CN2c1ccc(C)c(C)c1. The lowest BCUT2D eigenvalue weighted by Crippen LogP contribution is -2.48. The van der Waals surface area contributed by atoms with Gasteiger partial charge < -0.3 is 9.47 Å². The Morgan fingerprint density at radius 2 is 1.71 bits per heavy atom. The lowest BCUT2D eigenvalue weighted by atomic mass is 10.1. The Hall–Kier alpha value is -3.32. The molecule has 0 saturated carbocycles. The molecule has 0 N–H and O–H groups in total. The molecule has 1 aliphatic rings. The minimum Gasteiger partial charge on any atom is -0.493 e. The van der Waals surface area contributed by atoms with E-state index in [0.29, 0.717) is 25.7 Å². The number of anilines is 2. The Morgan fingerprint density at radius 3 is 2.38 bits per heavy atom. The fourth-order valence-electron chi connectivity index (χ4n) is 4.49. The number of aryl methyl sites for hydroxylation is 3. The van der Waals surface area contributed by atoms with Crippen LogP contribution in [0.1, 0.15) is 34.9 Å². The first kappa shape index (κ1) is 23.8. The normalized spacial score (nSPS) is 13.6. The standard InChI is InChI=1S/C27H34N4O3/c1-7-23-20(4)28-27-30(22-10-8-18(2)19(3)14-22)16-29(17-31(27)26(23)32)13-12-21-9-11-24(33-5)25(15-21)34-6/h8-11,14-15H,7,12-13,16-17H2,1-6H3. The average molecular weight is 463 g/mol. The summed E-state index contributed by atoms with van der Waals surface area (Å²) < 4.78 is 12.6. The van der Waals surface area contributed by atoms with Crippen LogP contribution in [0.2, 0.25) is 0 Å². The Labute approximate surface area is 201 Å². The number of ether oxygens (including phenoxy) is 2. The van der Waals surface area contributed by atoms with Crippen LogP contribution >= 0.6 is 0 Å². The van der Waals surface area contributed by atoms with Gasteiger partial charge in [0, 0.05) is 23.5 Å². The molecular weight excluding hydrogens is 428 g/mol. The molecule has 1 aliphatic heterocycles. The van der Waals surface area contributed by atoms with Crippen molar-refractivity contribution in [2.45, 2.75) is 47.2 Å². The molecule has 0 saturated heterocycles. The van der Waals surface area contributed by atoms with Crippen molar-refractivity contribution >= 4 is 11.6 Å². The van der Waals surface area contributed by atoms with E-state index < -0.39 is 0 Å². The van der Waals surface area contributed by atoms with Gasteiger partial charge in [-0.2, -0.15) is 0 Å². The monoisotopic (exact) mass is 462 g/mol. The number of benzene rings is 2. The minimum atomic E-state index is 0.0506. The zero-order chi connectivity index (χ0) is 24.4. The summed E-state index contributed by atoms with van der Waals surface area (Å²) in [5.74, 6) is 2.16. The fourth-order valence-corrected chi connectivity index (χ4v) is 4.49. The van der Waals surface area contributed by atoms with Gasteiger partial charge in [-0.15, -0.1) is 0 Å². The molecule has 0 bridgehead atoms. The van der Waals surface area contributed by atoms with Gasteiger partial charge in [-0.05, 0) is 74.6 Å². The van der Waals surface area contributed by atoms with Crippen LogP contribution in [-0.4, -0.2) is 41.9 Å². The molecule has 0 fully saturated rings. The maximum absolute atomic E-state index is 13.4. The van der Waals surface area contributed by atoms with Crippen molar-refractivity contribution in [3.63, 3.8) is 0 Å². The summed E-state index contributed by atoms with van der Waals surface area (Å²) >= 11 is 0. The molecule has 4 rings (SSSR count). The van der Waals surface area contributed by atoms with E-state index in [1.165, 1.54) is 11.1 Å². The van der Waals surface area contributed by atoms with E-state index in [1.54, 1.807) is 14.2 Å². The third kappa shape index (κ3) is 4.53. The van der Waals surface area contributed by atoms with Crippen LogP contribution in [0.5, 0.6) is 11.5 Å². The second-order valence-corrected chi connectivity index (χ2v) is 8.88. The molecule has 34 heavy (non-hydrogen) atoms. The van der Waals surface area contributed by atoms with Crippen LogP contribution in [0, 0.1) is 20.8 Å². The largest absolute Gasteiger partial charge is 0.493 e. The summed E-state index contributed by atoms with van der Waals surface area (Å²) in [4.78, 5) is 22.7. The van der Waals surface area contributed by atoms with Crippen molar-refractivity contribution in [1.82, 2.24) is 14.5 Å². The number of hydrogen-bond acceptors (Lipinski definition) is 6. The van der Waals surface area contributed by atoms with E-state index in [-0.39, 0.29) is 5.56 Å². The molecule has 7 heteroatoms. The summed E-state index contributed by atoms with van der Waals surface area (Å²) in [6.07, 6.45) is 1.50. The number of fused-ring (bicyclic) bond motifs is 1. The van der Waals surface area contributed by atoms with E-state index in [4.69, 9.17) is 14.5 Å². The van der Waals surface area contributed by atoms with Crippen molar-refractivity contribution in [3.8, 4) is 11.5 Å². The highest BCUT2D eigenvalue weighted by Gasteiger charge is 2.27. The van der Waals surface area contributed by atoms with Crippen molar-refractivity contribution in [2.75, 3.05) is 32.3 Å². The lowest BCUT2D eigenvalue weighted by Gasteiger charge is -2.38. The molecule has 0 spiro atoms. The fraction of sp³-hybridized carbons (Fsp3) is 0.407. The second kappa shape index (κ2) is 9.89. The Morgan fingerprint density at radius 1 is 0.941 bits per heavy atom. The molecule has 3 aromatic rings. The van der Waals surface area contributed by atoms with Crippen molar-refractivity contribution < 1.29 is 9.47 Å². The van der Waals surface area contributed by atoms with Gasteiger partial charge in [0.05, 0.1) is 27.6 Å². The topological polar surface area (TPSA) is 59.8 Å². The van der Waals surface area contributed by atoms with Crippen molar-refractivity contribution in [2.24, 2.45) is 0 Å². The summed E-state index contributed by atoms with van der Waals surface area (Å²) in [6, 6.07) is 12.4. The number of hydrogen-bond donors (Lipinski definition) is 0. The molecular formula is C27H34N4O3. The molecule has 0 atom stereocenters. The van der Waals surface area contributed by atoms with Crippen molar-refractivity contribution in [3.05, 3.63) is 74.7 Å². The second-order valence-electron chi connectivity index (χ2n) is 8.88. The van der Waals surface area contributed by atoms with E-state index in [2.05, 4.69) is 47.9 Å². The van der Waals surface area contributed by atoms with E-state index in [9.17, 15) is 4.79 Å². The van der Waals surface area contributed by atoms with Gasteiger partial charge in [-0.1, -0.05) is 19.1 Å². The average Bonchev–Trinajstić information content (AvgIpc) is 2.84.